The molecule has 1 saturated carbocycles. The van der Waals surface area contributed by atoms with Gasteiger partial charge in [-0.05, 0) is 105 Å². The van der Waals surface area contributed by atoms with Gasteiger partial charge in [-0.3, -0.25) is 9.69 Å². The van der Waals surface area contributed by atoms with Crippen LogP contribution in [0.3, 0.4) is 0 Å². The van der Waals surface area contributed by atoms with Gasteiger partial charge < -0.3 is 0 Å². The van der Waals surface area contributed by atoms with E-state index in [4.69, 9.17) is 11.8 Å². The number of alkyl halides is 3. The van der Waals surface area contributed by atoms with E-state index >= 15 is 0 Å². The van der Waals surface area contributed by atoms with Crippen LogP contribution in [0, 0.1) is 700 Å². The second-order valence-corrected chi connectivity index (χ2v) is 21.8. The molecule has 1 aliphatic carbocycles. The van der Waals surface area contributed by atoms with Gasteiger partial charge in [-0.15, -0.1) is 0 Å². The smallest absolute Gasteiger partial charge is 0.278 e. The van der Waals surface area contributed by atoms with Crippen molar-refractivity contribution in [3.8, 4) is 681 Å². The number of carbonyl (C=O) groups excluding carboxylic acids is 2. The van der Waals surface area contributed by atoms with Crippen LogP contribution in [0.2, 0.25) is 0 Å². The fourth-order valence-corrected chi connectivity index (χ4v) is 7.45. The maximum Gasteiger partial charge on any atom is 0.407 e. The van der Waals surface area contributed by atoms with Crippen molar-refractivity contribution in [1.29, 1.82) is 5.26 Å². The number of hydrogen-bond acceptors (Lipinski definition) is 3. The summed E-state index contributed by atoms with van der Waals surface area (Å²) in [5.41, 5.74) is -1.47. The zero-order valence-electron chi connectivity index (χ0n) is 74.4. The van der Waals surface area contributed by atoms with Crippen LogP contribution < -0.4 is 9.80 Å². The molecule has 1 spiro atoms. The number of carbonyl (C=O) groups is 2. The van der Waals surface area contributed by atoms with Crippen LogP contribution in [0.5, 0.6) is 0 Å². The Labute approximate surface area is 851 Å². The summed E-state index contributed by atoms with van der Waals surface area (Å²) >= 11 is 0. The van der Waals surface area contributed by atoms with Crippen molar-refractivity contribution in [2.45, 2.75) is 44.8 Å². The molecule has 0 radical (unpaired) electrons. The first-order valence-corrected chi connectivity index (χ1v) is 38.3. The van der Waals surface area contributed by atoms with Gasteiger partial charge in [-0.25, -0.2) is 14.5 Å². The van der Waals surface area contributed by atoms with E-state index in [2.05, 4.69) is 680 Å². The van der Waals surface area contributed by atoms with Crippen molar-refractivity contribution in [1.82, 2.24) is 0 Å². The van der Waals surface area contributed by atoms with Gasteiger partial charge in [-0.2, -0.15) is 18.4 Å². The number of anilines is 2. The van der Waals surface area contributed by atoms with Gasteiger partial charge in [-0.1, -0.05) is 29.7 Å². The highest BCUT2D eigenvalue weighted by Crippen LogP contribution is 2.49. The molecule has 1 aliphatic heterocycles. The zero-order valence-corrected chi connectivity index (χ0v) is 74.4. The van der Waals surface area contributed by atoms with E-state index < -0.39 is 34.9 Å². The minimum absolute atomic E-state index is 0.180. The monoisotopic (exact) mass is 1810 g/mol. The number of rotatable bonds is 2. The van der Waals surface area contributed by atoms with E-state index in [-0.39, 0.29) is 5.69 Å². The van der Waals surface area contributed by atoms with Crippen LogP contribution in [-0.2, 0) is 11.0 Å². The quantitative estimate of drug-likeness (QED) is 0.205. The summed E-state index contributed by atoms with van der Waals surface area (Å²) in [5.74, 6) is 283. The van der Waals surface area contributed by atoms with Crippen LogP contribution in [0.25, 0.3) is 4.85 Å². The SMILES string of the molecule is CC#CC#CC#CC#CC#CC#CC#CC#CC#CC#CC#CC#CC#CC#CC#CC#CC#CC#CC#CC#CC#CC#CC#CC#CC#CC#CC#CC#CC#CC#CC#CC#CC#CC#CC#CC#CC#CC#CC#CC#CC#CC#CC#CC#CC#CC#CC#CC#CC#CC#CC#CC#CC#CC#CC#CC#CC#CC#N.[C-]#[N+]c1ccc(N2C(=O)N(c3ccc(C)cc3)C3(CCC3)C2=O)cc1C(F)(F)F. The van der Waals surface area contributed by atoms with Gasteiger partial charge >= 0.3 is 12.2 Å². The molecule has 2 aromatic rings. The first-order chi connectivity index (χ1) is 72.1. The van der Waals surface area contributed by atoms with Gasteiger partial charge in [0.2, 0.25) is 0 Å². The fourth-order valence-electron chi connectivity index (χ4n) is 7.45. The number of halogens is 3. The van der Waals surface area contributed by atoms with E-state index in [0.29, 0.717) is 24.6 Å². The van der Waals surface area contributed by atoms with Crippen molar-refractivity contribution < 1.29 is 22.8 Å². The third-order valence-electron chi connectivity index (χ3n) is 12.7. The van der Waals surface area contributed by atoms with E-state index in [9.17, 15) is 22.8 Å². The lowest BCUT2D eigenvalue weighted by atomic mass is 9.75. The molecule has 620 valence electrons. The van der Waals surface area contributed by atoms with Crippen molar-refractivity contribution >= 4 is 29.0 Å². The van der Waals surface area contributed by atoms with Crippen LogP contribution in [0.15, 0.2) is 42.5 Å². The maximum atomic E-state index is 13.4. The lowest BCUT2D eigenvalue weighted by molar-refractivity contribution is -0.137. The molecule has 2 aliphatic rings. The average molecular weight is 1810 g/mol. The number of amides is 3. The molecule has 0 atom stereocenters. The minimum Gasteiger partial charge on any atom is -0.278 e. The molecule has 0 aromatic heterocycles. The van der Waals surface area contributed by atoms with Gasteiger partial charge in [0.05, 0.1) is 17.8 Å². The topological polar surface area (TPSA) is 68.8 Å². The van der Waals surface area contributed by atoms with Crippen molar-refractivity contribution in [3.05, 3.63) is 65.0 Å². The Bertz CT molecular complexity index is 10000. The molecule has 6 nitrogen and oxygen atoms in total. The third-order valence-corrected chi connectivity index (χ3v) is 12.7. The molecule has 4 rings (SSSR count). The Hall–Kier alpha value is -28.9. The molecule has 9 heteroatoms. The van der Waals surface area contributed by atoms with E-state index in [1.165, 1.54) is 11.0 Å². The molecule has 2 aromatic carbocycles. The second kappa shape index (κ2) is 83.0. The number of nitriles is 1. The Balaban J connectivity index is 0.00000158. The zero-order chi connectivity index (χ0) is 104. The lowest BCUT2D eigenvalue weighted by Crippen LogP contribution is -2.55. The number of urea groups is 1. The minimum atomic E-state index is -4.77. The van der Waals surface area contributed by atoms with Crippen molar-refractivity contribution in [2.24, 2.45) is 0 Å². The third kappa shape index (κ3) is 61.5. The number of hydrogen-bond donors (Lipinski definition) is 0. The summed E-state index contributed by atoms with van der Waals surface area (Å²) in [5, 5.41) is 8.23. The molecule has 0 unspecified atom stereocenters. The summed E-state index contributed by atoms with van der Waals surface area (Å²) in [7, 11) is 0. The predicted octanol–water partition coefficient (Wildman–Crippen LogP) is 6.18. The summed E-state index contributed by atoms with van der Waals surface area (Å²) in [6, 6.07) is 10.9. The first-order valence-electron chi connectivity index (χ1n) is 38.3. The Morgan fingerprint density at radius 2 is 0.411 bits per heavy atom. The van der Waals surface area contributed by atoms with Crippen LogP contribution in [-0.4, -0.2) is 17.5 Å². The molecule has 3 amide bonds. The molecule has 146 heavy (non-hydrogen) atoms. The molecule has 1 saturated heterocycles. The van der Waals surface area contributed by atoms with Gasteiger partial charge in [0.25, 0.3) is 5.91 Å². The molecular formula is C137H19F3N4O2. The summed E-state index contributed by atoms with van der Waals surface area (Å²) in [6.45, 7) is 10.5. The Morgan fingerprint density at radius 3 is 0.548 bits per heavy atom. The normalized spacial score (nSPS) is 6.79. The molecule has 1 heterocycles. The summed E-state index contributed by atoms with van der Waals surface area (Å²) in [6.07, 6.45) is -3.12. The second-order valence-electron chi connectivity index (χ2n) is 21.8. The van der Waals surface area contributed by atoms with Crippen LogP contribution in [0.1, 0.15) is 37.3 Å². The summed E-state index contributed by atoms with van der Waals surface area (Å²) < 4.78 is 40.1. The number of benzene rings is 2. The van der Waals surface area contributed by atoms with Crippen LogP contribution >= 0.6 is 0 Å². The average Bonchev–Trinajstić information content (AvgIpc) is 1.55. The molecule has 0 bridgehead atoms. The highest BCUT2D eigenvalue weighted by Gasteiger charge is 2.61. The number of aryl methyl sites for hydroxylation is 1. The van der Waals surface area contributed by atoms with Crippen molar-refractivity contribution in [2.75, 3.05) is 9.80 Å². The standard InChI is InChI=1S/C116H3N.C21H16F3N3O2/c1-2-3-4-5-6-7-8-9-10-11-12-13-14-15-16-17-18-19-20-21-22-23-24-25-26-27-28-29-30-31-32-33-34-35-36-37-38-39-40-41-42-43-44-45-46-47-48-49-50-51-52-53-54-55-56-57-58-59-60-61-62-63-64-65-66-67-68-69-70-71-72-73-74-75-76-77-78-79-80-81-82-83-84-85-86-87-88-89-90-91-92-93-94-95-96-97-98-99-100-101-102-103-104-105-106-107-108-109-110-111-112-113-114-115-116-117;1-13-4-6-14(7-5-13)27-19(29)26(18(28)20(27)10-3-11-20)15-8-9-17(25-2)16(12-15)21(22,23)24/h1H3;4-9,12H,3,10-11H2,1H3. The van der Waals surface area contributed by atoms with Crippen LogP contribution in [0.4, 0.5) is 35.0 Å². The predicted molar refractivity (Wildman–Crippen MR) is 555 cm³/mol. The Kier molecular flexibility index (Phi) is 63.2. The molecule has 0 N–H and O–H groups in total. The largest absolute Gasteiger partial charge is 0.407 e. The van der Waals surface area contributed by atoms with Gasteiger partial charge in [0.15, 0.2) is 11.8 Å². The van der Waals surface area contributed by atoms with E-state index in [1.54, 1.807) is 25.1 Å². The fraction of sp³-hybridized carbons (Fsp3) is 0.0511. The van der Waals surface area contributed by atoms with Gasteiger partial charge in [0, 0.05) is 627 Å². The lowest BCUT2D eigenvalue weighted by Gasteiger charge is -2.42. The van der Waals surface area contributed by atoms with E-state index in [0.717, 1.165) is 23.0 Å². The summed E-state index contributed by atoms with van der Waals surface area (Å²) in [4.78, 5) is 31.5. The van der Waals surface area contributed by atoms with Gasteiger partial charge in [0.1, 0.15) is 5.54 Å². The number of imide groups is 1. The maximum absolute atomic E-state index is 13.4. The number of nitrogens with zero attached hydrogens (tertiary/aromatic N) is 4. The van der Waals surface area contributed by atoms with Crippen molar-refractivity contribution in [3.63, 3.8) is 0 Å². The highest BCUT2D eigenvalue weighted by atomic mass is 19.4. The molecular weight excluding hydrogens is 1790 g/mol. The Morgan fingerprint density at radius 1 is 0.253 bits per heavy atom. The molecule has 2 fully saturated rings. The first kappa shape index (κ1) is 111. The van der Waals surface area contributed by atoms with E-state index in [1.807, 2.05) is 19.1 Å². The highest BCUT2D eigenvalue weighted by molar-refractivity contribution is 6.31.